The number of hydrogen-bond donors (Lipinski definition) is 1. The molecular weight excluding hydrogens is 244 g/mol. The third-order valence-corrected chi connectivity index (χ3v) is 3.24. The normalized spacial score (nSPS) is 19.2. The molecule has 0 spiro atoms. The number of nitrogens with zero attached hydrogens (tertiary/aromatic N) is 1. The van der Waals surface area contributed by atoms with Crippen LogP contribution in [0.15, 0.2) is 0 Å². The van der Waals surface area contributed by atoms with E-state index in [0.717, 1.165) is 25.9 Å². The first-order valence-electron chi connectivity index (χ1n) is 7.15. The van der Waals surface area contributed by atoms with Gasteiger partial charge in [-0.3, -0.25) is 9.59 Å². The summed E-state index contributed by atoms with van der Waals surface area (Å²) in [6.07, 6.45) is 3.41. The fourth-order valence-electron chi connectivity index (χ4n) is 2.12. The van der Waals surface area contributed by atoms with E-state index in [4.69, 9.17) is 4.74 Å². The molecular formula is C14H26N2O3. The molecule has 0 bridgehead atoms. The summed E-state index contributed by atoms with van der Waals surface area (Å²) in [4.78, 5) is 25.5. The average Bonchev–Trinajstić information content (AvgIpc) is 2.44. The molecule has 0 saturated carbocycles. The van der Waals surface area contributed by atoms with E-state index < -0.39 is 5.54 Å². The molecule has 110 valence electrons. The Hall–Kier alpha value is -1.10. The smallest absolute Gasteiger partial charge is 0.247 e. The summed E-state index contributed by atoms with van der Waals surface area (Å²) in [7, 11) is 0. The van der Waals surface area contributed by atoms with Gasteiger partial charge in [0, 0.05) is 32.7 Å². The average molecular weight is 270 g/mol. The minimum absolute atomic E-state index is 0.00749. The molecule has 1 saturated heterocycles. The molecule has 1 aliphatic heterocycles. The minimum atomic E-state index is -0.795. The van der Waals surface area contributed by atoms with E-state index in [-0.39, 0.29) is 11.8 Å². The molecule has 0 aromatic rings. The van der Waals surface area contributed by atoms with E-state index in [1.165, 1.54) is 0 Å². The van der Waals surface area contributed by atoms with Gasteiger partial charge in [-0.25, -0.2) is 0 Å². The van der Waals surface area contributed by atoms with Gasteiger partial charge in [0.05, 0.1) is 0 Å². The monoisotopic (exact) mass is 270 g/mol. The number of amides is 2. The van der Waals surface area contributed by atoms with Crippen molar-refractivity contribution in [1.82, 2.24) is 10.2 Å². The summed E-state index contributed by atoms with van der Waals surface area (Å²) >= 11 is 0. The van der Waals surface area contributed by atoms with Crippen LogP contribution in [0.25, 0.3) is 0 Å². The fourth-order valence-corrected chi connectivity index (χ4v) is 2.12. The van der Waals surface area contributed by atoms with Crippen LogP contribution >= 0.6 is 0 Å². The number of carbonyl (C=O) groups is 2. The molecule has 0 atom stereocenters. The van der Waals surface area contributed by atoms with E-state index in [2.05, 4.69) is 12.2 Å². The van der Waals surface area contributed by atoms with Crippen LogP contribution in [0.1, 0.15) is 46.5 Å². The zero-order chi connectivity index (χ0) is 14.3. The summed E-state index contributed by atoms with van der Waals surface area (Å²) in [5.74, 6) is -0.0630. The van der Waals surface area contributed by atoms with Crippen molar-refractivity contribution >= 4 is 11.8 Å². The van der Waals surface area contributed by atoms with Crippen molar-refractivity contribution in [2.45, 2.75) is 52.0 Å². The van der Waals surface area contributed by atoms with Gasteiger partial charge in [0.1, 0.15) is 5.54 Å². The summed E-state index contributed by atoms with van der Waals surface area (Å²) in [5.41, 5.74) is -0.795. The van der Waals surface area contributed by atoms with E-state index in [0.29, 0.717) is 26.1 Å². The van der Waals surface area contributed by atoms with Gasteiger partial charge in [0.25, 0.3) is 0 Å². The Morgan fingerprint density at radius 3 is 2.63 bits per heavy atom. The first-order chi connectivity index (χ1) is 8.97. The lowest BCUT2D eigenvalue weighted by molar-refractivity contribution is -0.137. The molecule has 1 aliphatic rings. The maximum absolute atomic E-state index is 12.2. The van der Waals surface area contributed by atoms with Crippen LogP contribution in [0.5, 0.6) is 0 Å². The lowest BCUT2D eigenvalue weighted by atomic mass is 10.0. The van der Waals surface area contributed by atoms with Crippen molar-refractivity contribution in [3.63, 3.8) is 0 Å². The molecule has 5 nitrogen and oxygen atoms in total. The van der Waals surface area contributed by atoms with Gasteiger partial charge < -0.3 is 15.0 Å². The van der Waals surface area contributed by atoms with Gasteiger partial charge >= 0.3 is 0 Å². The molecule has 1 fully saturated rings. The van der Waals surface area contributed by atoms with Gasteiger partial charge in [0.15, 0.2) is 0 Å². The molecule has 0 aliphatic carbocycles. The Bertz CT molecular complexity index is 316. The molecule has 19 heavy (non-hydrogen) atoms. The molecule has 1 rings (SSSR count). The number of hydrogen-bond acceptors (Lipinski definition) is 3. The highest BCUT2D eigenvalue weighted by Gasteiger charge is 2.35. The number of carbonyl (C=O) groups excluding carboxylic acids is 2. The summed E-state index contributed by atoms with van der Waals surface area (Å²) in [6, 6.07) is 0. The van der Waals surface area contributed by atoms with Gasteiger partial charge in [-0.1, -0.05) is 13.3 Å². The van der Waals surface area contributed by atoms with Crippen LogP contribution in [0, 0.1) is 0 Å². The third kappa shape index (κ3) is 5.19. The van der Waals surface area contributed by atoms with Crippen molar-refractivity contribution in [3.05, 3.63) is 0 Å². The van der Waals surface area contributed by atoms with Crippen LogP contribution in [0.2, 0.25) is 0 Å². The Kier molecular flexibility index (Phi) is 6.28. The molecule has 0 radical (unpaired) electrons. The zero-order valence-corrected chi connectivity index (χ0v) is 12.3. The Balaban J connectivity index is 2.35. The largest absolute Gasteiger partial charge is 0.381 e. The van der Waals surface area contributed by atoms with Crippen LogP contribution in [0.4, 0.5) is 0 Å². The van der Waals surface area contributed by atoms with E-state index in [1.807, 2.05) is 0 Å². The number of nitrogens with one attached hydrogen (secondary N) is 1. The highest BCUT2D eigenvalue weighted by molar-refractivity contribution is 5.92. The Labute approximate surface area is 115 Å². The summed E-state index contributed by atoms with van der Waals surface area (Å²) < 4.78 is 5.48. The van der Waals surface area contributed by atoms with Gasteiger partial charge in [-0.2, -0.15) is 0 Å². The van der Waals surface area contributed by atoms with Gasteiger partial charge in [-0.15, -0.1) is 0 Å². The summed E-state index contributed by atoms with van der Waals surface area (Å²) in [6.45, 7) is 8.26. The van der Waals surface area contributed by atoms with Crippen LogP contribution in [0.3, 0.4) is 0 Å². The molecule has 1 heterocycles. The summed E-state index contributed by atoms with van der Waals surface area (Å²) in [5, 5.41) is 2.75. The quantitative estimate of drug-likeness (QED) is 0.710. The SMILES string of the molecule is CCCCOCCCN1CCC(=O)NC(C)(C)C1=O. The topological polar surface area (TPSA) is 58.6 Å². The molecule has 2 amide bonds. The first-order valence-corrected chi connectivity index (χ1v) is 7.15. The molecule has 0 aromatic heterocycles. The Morgan fingerprint density at radius 1 is 1.26 bits per heavy atom. The van der Waals surface area contributed by atoms with Crippen LogP contribution in [-0.2, 0) is 14.3 Å². The number of unbranched alkanes of at least 4 members (excludes halogenated alkanes) is 1. The molecule has 0 unspecified atom stereocenters. The highest BCUT2D eigenvalue weighted by atomic mass is 16.5. The number of ether oxygens (including phenoxy) is 1. The van der Waals surface area contributed by atoms with E-state index in [9.17, 15) is 9.59 Å². The standard InChI is InChI=1S/C14H26N2O3/c1-4-5-10-19-11-6-8-16-9-7-12(17)15-14(2,3)13(16)18/h4-11H2,1-3H3,(H,15,17). The van der Waals surface area contributed by atoms with Gasteiger partial charge in [-0.05, 0) is 26.7 Å². The van der Waals surface area contributed by atoms with Gasteiger partial charge in [0.2, 0.25) is 11.8 Å². The third-order valence-electron chi connectivity index (χ3n) is 3.24. The van der Waals surface area contributed by atoms with Crippen molar-refractivity contribution in [3.8, 4) is 0 Å². The lowest BCUT2D eigenvalue weighted by Crippen LogP contribution is -2.53. The van der Waals surface area contributed by atoms with Crippen molar-refractivity contribution in [2.75, 3.05) is 26.3 Å². The second-order valence-corrected chi connectivity index (χ2v) is 5.53. The van der Waals surface area contributed by atoms with Crippen molar-refractivity contribution in [1.29, 1.82) is 0 Å². The van der Waals surface area contributed by atoms with Crippen LogP contribution in [-0.4, -0.2) is 48.6 Å². The van der Waals surface area contributed by atoms with E-state index in [1.54, 1.807) is 18.7 Å². The maximum Gasteiger partial charge on any atom is 0.247 e. The predicted molar refractivity (Wildman–Crippen MR) is 73.8 cm³/mol. The second kappa shape index (κ2) is 7.48. The first kappa shape index (κ1) is 16.0. The molecule has 5 heteroatoms. The lowest BCUT2D eigenvalue weighted by Gasteiger charge is -2.28. The molecule has 0 aromatic carbocycles. The maximum atomic E-state index is 12.2. The highest BCUT2D eigenvalue weighted by Crippen LogP contribution is 2.13. The second-order valence-electron chi connectivity index (χ2n) is 5.53. The Morgan fingerprint density at radius 2 is 1.95 bits per heavy atom. The minimum Gasteiger partial charge on any atom is -0.381 e. The van der Waals surface area contributed by atoms with Crippen molar-refractivity contribution < 1.29 is 14.3 Å². The number of rotatable bonds is 7. The van der Waals surface area contributed by atoms with Crippen LogP contribution < -0.4 is 5.32 Å². The fraction of sp³-hybridized carbons (Fsp3) is 0.857. The van der Waals surface area contributed by atoms with Crippen molar-refractivity contribution in [2.24, 2.45) is 0 Å². The molecule has 1 N–H and O–H groups in total. The zero-order valence-electron chi connectivity index (χ0n) is 12.3. The van der Waals surface area contributed by atoms with E-state index >= 15 is 0 Å². The predicted octanol–water partition coefficient (Wildman–Crippen LogP) is 1.32.